The van der Waals surface area contributed by atoms with Crippen LogP contribution in [0, 0.1) is 0 Å². The Morgan fingerprint density at radius 3 is 2.86 bits per heavy atom. The van der Waals surface area contributed by atoms with E-state index in [0.717, 1.165) is 5.69 Å². The quantitative estimate of drug-likeness (QED) is 0.759. The minimum absolute atomic E-state index is 0.567. The zero-order valence-corrected chi connectivity index (χ0v) is 9.03. The smallest absolute Gasteiger partial charge is 0.0697 e. The molecule has 4 heteroatoms. The molecule has 0 aromatic carbocycles. The highest BCUT2D eigenvalue weighted by Crippen LogP contribution is 2.15. The van der Waals surface area contributed by atoms with Crippen LogP contribution in [0.3, 0.4) is 0 Å². The van der Waals surface area contributed by atoms with Crippen LogP contribution in [-0.2, 0) is 18.2 Å². The normalized spacial score (nSPS) is 15.4. The van der Waals surface area contributed by atoms with E-state index in [-0.39, 0.29) is 0 Å². The highest BCUT2D eigenvalue weighted by Gasteiger charge is 2.21. The van der Waals surface area contributed by atoms with Crippen LogP contribution in [0.5, 0.6) is 0 Å². The molecule has 1 aromatic rings. The van der Waals surface area contributed by atoms with Crippen molar-refractivity contribution < 1.29 is 9.84 Å². The number of aryl methyl sites for hydroxylation is 1. The van der Waals surface area contributed by atoms with Gasteiger partial charge in [-0.2, -0.15) is 5.10 Å². The minimum Gasteiger partial charge on any atom is -0.390 e. The Morgan fingerprint density at radius 1 is 1.64 bits per heavy atom. The third kappa shape index (κ3) is 3.47. The maximum Gasteiger partial charge on any atom is 0.0697 e. The van der Waals surface area contributed by atoms with E-state index in [9.17, 15) is 5.11 Å². The molecular formula is C10H18N2O2. The van der Waals surface area contributed by atoms with E-state index in [1.165, 1.54) is 0 Å². The van der Waals surface area contributed by atoms with E-state index in [4.69, 9.17) is 4.74 Å². The van der Waals surface area contributed by atoms with E-state index in [0.29, 0.717) is 19.4 Å². The first kappa shape index (κ1) is 11.2. The SMILES string of the molecule is COCCC(C)(O)Cc1ccn(C)n1. The molecule has 0 saturated carbocycles. The van der Waals surface area contributed by atoms with Crippen molar-refractivity contribution in [3.05, 3.63) is 18.0 Å². The Bertz CT molecular complexity index is 281. The predicted octanol–water partition coefficient (Wildman–Crippen LogP) is 0.750. The van der Waals surface area contributed by atoms with Gasteiger partial charge in [-0.15, -0.1) is 0 Å². The molecule has 1 heterocycles. The second kappa shape index (κ2) is 4.57. The van der Waals surface area contributed by atoms with Crippen molar-refractivity contribution in [1.29, 1.82) is 0 Å². The summed E-state index contributed by atoms with van der Waals surface area (Å²) in [7, 11) is 3.50. The van der Waals surface area contributed by atoms with Gasteiger partial charge in [0.1, 0.15) is 0 Å². The second-order valence-electron chi connectivity index (χ2n) is 3.90. The molecule has 0 amide bonds. The van der Waals surface area contributed by atoms with E-state index in [1.54, 1.807) is 18.7 Å². The number of nitrogens with zero attached hydrogens (tertiary/aromatic N) is 2. The van der Waals surface area contributed by atoms with E-state index in [2.05, 4.69) is 5.10 Å². The lowest BCUT2D eigenvalue weighted by Gasteiger charge is -2.21. The standard InChI is InChI=1S/C10H18N2O2/c1-10(13,5-7-14-3)8-9-4-6-12(2)11-9/h4,6,13H,5,7-8H2,1-3H3. The first-order valence-electron chi connectivity index (χ1n) is 4.73. The fourth-order valence-corrected chi connectivity index (χ4v) is 1.36. The first-order valence-corrected chi connectivity index (χ1v) is 4.73. The summed E-state index contributed by atoms with van der Waals surface area (Å²) >= 11 is 0. The van der Waals surface area contributed by atoms with Crippen LogP contribution in [0.15, 0.2) is 12.3 Å². The Balaban J connectivity index is 2.49. The van der Waals surface area contributed by atoms with Gasteiger partial charge in [-0.25, -0.2) is 0 Å². The Kier molecular flexibility index (Phi) is 3.66. The molecular weight excluding hydrogens is 180 g/mol. The number of rotatable bonds is 5. The Labute approximate surface area is 84.5 Å². The van der Waals surface area contributed by atoms with Crippen molar-refractivity contribution in [3.8, 4) is 0 Å². The van der Waals surface area contributed by atoms with Crippen molar-refractivity contribution in [2.24, 2.45) is 7.05 Å². The molecule has 1 aromatic heterocycles. The lowest BCUT2D eigenvalue weighted by molar-refractivity contribution is 0.0241. The molecule has 0 bridgehead atoms. The fraction of sp³-hybridized carbons (Fsp3) is 0.700. The van der Waals surface area contributed by atoms with Crippen LogP contribution in [0.4, 0.5) is 0 Å². The summed E-state index contributed by atoms with van der Waals surface area (Å²) in [6.07, 6.45) is 3.07. The zero-order valence-electron chi connectivity index (χ0n) is 9.03. The number of hydrogen-bond acceptors (Lipinski definition) is 3. The molecule has 0 saturated heterocycles. The summed E-state index contributed by atoms with van der Waals surface area (Å²) in [5, 5.41) is 14.2. The van der Waals surface area contributed by atoms with E-state index >= 15 is 0 Å². The van der Waals surface area contributed by atoms with Gasteiger partial charge in [-0.3, -0.25) is 4.68 Å². The second-order valence-corrected chi connectivity index (χ2v) is 3.90. The third-order valence-electron chi connectivity index (χ3n) is 2.18. The summed E-state index contributed by atoms with van der Waals surface area (Å²) < 4.78 is 6.67. The zero-order chi connectivity index (χ0) is 10.6. The van der Waals surface area contributed by atoms with Crippen molar-refractivity contribution >= 4 is 0 Å². The van der Waals surface area contributed by atoms with Gasteiger partial charge in [0, 0.05) is 33.4 Å². The molecule has 0 fully saturated rings. The Morgan fingerprint density at radius 2 is 2.36 bits per heavy atom. The van der Waals surface area contributed by atoms with Gasteiger partial charge < -0.3 is 9.84 Å². The highest BCUT2D eigenvalue weighted by atomic mass is 16.5. The Hall–Kier alpha value is -0.870. The predicted molar refractivity (Wildman–Crippen MR) is 54.0 cm³/mol. The van der Waals surface area contributed by atoms with Gasteiger partial charge in [-0.1, -0.05) is 0 Å². The molecule has 1 atom stereocenters. The maximum atomic E-state index is 9.98. The van der Waals surface area contributed by atoms with Crippen LogP contribution in [-0.4, -0.2) is 34.2 Å². The number of methoxy groups -OCH3 is 1. The summed E-state index contributed by atoms with van der Waals surface area (Å²) in [6, 6.07) is 1.92. The molecule has 0 aliphatic carbocycles. The van der Waals surface area contributed by atoms with Crippen LogP contribution in [0.25, 0.3) is 0 Å². The van der Waals surface area contributed by atoms with Crippen LogP contribution >= 0.6 is 0 Å². The molecule has 1 unspecified atom stereocenters. The summed E-state index contributed by atoms with van der Waals surface area (Å²) in [4.78, 5) is 0. The van der Waals surface area contributed by atoms with Crippen molar-refractivity contribution in [2.75, 3.05) is 13.7 Å². The summed E-state index contributed by atoms with van der Waals surface area (Å²) in [5.41, 5.74) is 0.179. The van der Waals surface area contributed by atoms with Crippen LogP contribution in [0.2, 0.25) is 0 Å². The maximum absolute atomic E-state index is 9.98. The highest BCUT2D eigenvalue weighted by molar-refractivity contribution is 5.02. The molecule has 0 aliphatic rings. The van der Waals surface area contributed by atoms with Gasteiger partial charge in [0.2, 0.25) is 0 Å². The van der Waals surface area contributed by atoms with Crippen LogP contribution < -0.4 is 0 Å². The molecule has 80 valence electrons. The van der Waals surface area contributed by atoms with Crippen LogP contribution in [0.1, 0.15) is 19.0 Å². The monoisotopic (exact) mass is 198 g/mol. The minimum atomic E-state index is -0.732. The lowest BCUT2D eigenvalue weighted by atomic mass is 9.97. The van der Waals surface area contributed by atoms with Crippen molar-refractivity contribution in [1.82, 2.24) is 9.78 Å². The fourth-order valence-electron chi connectivity index (χ4n) is 1.36. The molecule has 0 radical (unpaired) electrons. The third-order valence-corrected chi connectivity index (χ3v) is 2.18. The number of hydrogen-bond donors (Lipinski definition) is 1. The van der Waals surface area contributed by atoms with Gasteiger partial charge in [0.15, 0.2) is 0 Å². The number of ether oxygens (including phenoxy) is 1. The largest absolute Gasteiger partial charge is 0.390 e. The molecule has 14 heavy (non-hydrogen) atoms. The molecule has 1 rings (SSSR count). The molecule has 1 N–H and O–H groups in total. The number of aliphatic hydroxyl groups is 1. The number of aromatic nitrogens is 2. The van der Waals surface area contributed by atoms with Gasteiger partial charge in [0.05, 0.1) is 11.3 Å². The van der Waals surface area contributed by atoms with Crippen molar-refractivity contribution in [3.63, 3.8) is 0 Å². The average molecular weight is 198 g/mol. The molecule has 0 aliphatic heterocycles. The first-order chi connectivity index (χ1) is 6.53. The summed E-state index contributed by atoms with van der Waals surface area (Å²) in [5.74, 6) is 0. The van der Waals surface area contributed by atoms with Gasteiger partial charge >= 0.3 is 0 Å². The molecule has 4 nitrogen and oxygen atoms in total. The van der Waals surface area contributed by atoms with Gasteiger partial charge in [-0.05, 0) is 19.4 Å². The summed E-state index contributed by atoms with van der Waals surface area (Å²) in [6.45, 7) is 2.38. The lowest BCUT2D eigenvalue weighted by Crippen LogP contribution is -2.29. The molecule has 0 spiro atoms. The van der Waals surface area contributed by atoms with E-state index in [1.807, 2.05) is 19.3 Å². The topological polar surface area (TPSA) is 47.3 Å². The average Bonchev–Trinajstić information content (AvgIpc) is 2.47. The van der Waals surface area contributed by atoms with E-state index < -0.39 is 5.60 Å². The van der Waals surface area contributed by atoms with Gasteiger partial charge in [0.25, 0.3) is 0 Å². The van der Waals surface area contributed by atoms with Crippen molar-refractivity contribution in [2.45, 2.75) is 25.4 Å².